The number of nitrogens with zero attached hydrogens (tertiary/aromatic N) is 2. The maximum Gasteiger partial charge on any atom is 0.115 e. The van der Waals surface area contributed by atoms with Gasteiger partial charge in [-0.15, -0.1) is 0 Å². The second kappa shape index (κ2) is 4.88. The summed E-state index contributed by atoms with van der Waals surface area (Å²) < 4.78 is 0. The van der Waals surface area contributed by atoms with Crippen LogP contribution in [0.5, 0.6) is 0 Å². The molecule has 0 radical (unpaired) electrons. The van der Waals surface area contributed by atoms with Crippen LogP contribution in [-0.4, -0.2) is 23.8 Å². The minimum absolute atomic E-state index is 0.116. The zero-order valence-corrected chi connectivity index (χ0v) is 6.33. The lowest BCUT2D eigenvalue weighted by molar-refractivity contribution is 0.330. The van der Waals surface area contributed by atoms with E-state index < -0.39 is 0 Å². The Labute approximate surface area is 60.8 Å². The van der Waals surface area contributed by atoms with E-state index >= 15 is 0 Å². The number of hydrogen-bond donors (Lipinski definition) is 1. The van der Waals surface area contributed by atoms with E-state index in [0.717, 1.165) is 5.71 Å². The normalized spacial score (nSPS) is 9.90. The summed E-state index contributed by atoms with van der Waals surface area (Å²) in [7, 11) is 0. The first-order chi connectivity index (χ1) is 4.66. The SMILES string of the molecule is C=C(CO)/N=C\N=C(C)C. The highest BCUT2D eigenvalue weighted by Crippen LogP contribution is 1.86. The van der Waals surface area contributed by atoms with Gasteiger partial charge in [-0.3, -0.25) is 0 Å². The van der Waals surface area contributed by atoms with Gasteiger partial charge in [0.15, 0.2) is 0 Å². The highest BCUT2D eigenvalue weighted by Gasteiger charge is 1.80. The van der Waals surface area contributed by atoms with Crippen LogP contribution >= 0.6 is 0 Å². The van der Waals surface area contributed by atoms with Gasteiger partial charge in [0, 0.05) is 5.71 Å². The van der Waals surface area contributed by atoms with Crippen molar-refractivity contribution in [2.75, 3.05) is 6.61 Å². The third-order valence-electron chi connectivity index (χ3n) is 0.739. The van der Waals surface area contributed by atoms with E-state index in [1.165, 1.54) is 6.34 Å². The molecule has 0 aliphatic heterocycles. The molecule has 3 nitrogen and oxygen atoms in total. The zero-order valence-electron chi connectivity index (χ0n) is 6.33. The van der Waals surface area contributed by atoms with Gasteiger partial charge in [0.2, 0.25) is 0 Å². The van der Waals surface area contributed by atoms with Crippen LogP contribution < -0.4 is 0 Å². The first-order valence-corrected chi connectivity index (χ1v) is 2.99. The van der Waals surface area contributed by atoms with Crippen molar-refractivity contribution in [1.82, 2.24) is 0 Å². The monoisotopic (exact) mass is 140 g/mol. The molecule has 0 atom stereocenters. The van der Waals surface area contributed by atoms with Crippen LogP contribution in [0.25, 0.3) is 0 Å². The number of aliphatic hydroxyl groups excluding tert-OH is 1. The fourth-order valence-electron chi connectivity index (χ4n) is 0.267. The minimum Gasteiger partial charge on any atom is -0.390 e. The van der Waals surface area contributed by atoms with Gasteiger partial charge in [-0.05, 0) is 13.8 Å². The molecule has 0 fully saturated rings. The molecule has 0 spiro atoms. The van der Waals surface area contributed by atoms with E-state index in [1.54, 1.807) is 0 Å². The molecule has 0 aromatic heterocycles. The van der Waals surface area contributed by atoms with Gasteiger partial charge in [0.25, 0.3) is 0 Å². The maximum atomic E-state index is 8.44. The van der Waals surface area contributed by atoms with E-state index in [4.69, 9.17) is 5.11 Å². The fourth-order valence-corrected chi connectivity index (χ4v) is 0.267. The molecule has 0 saturated carbocycles. The summed E-state index contributed by atoms with van der Waals surface area (Å²) in [5.74, 6) is 0. The van der Waals surface area contributed by atoms with Crippen molar-refractivity contribution in [2.24, 2.45) is 9.98 Å². The summed E-state index contributed by atoms with van der Waals surface area (Å²) in [6, 6.07) is 0. The Morgan fingerprint density at radius 3 is 2.60 bits per heavy atom. The van der Waals surface area contributed by atoms with E-state index in [1.807, 2.05) is 13.8 Å². The molecule has 0 aromatic carbocycles. The number of aliphatic imine (C=N–C) groups is 2. The molecule has 10 heavy (non-hydrogen) atoms. The molecule has 0 bridgehead atoms. The van der Waals surface area contributed by atoms with Gasteiger partial charge < -0.3 is 5.11 Å². The molecule has 0 aromatic rings. The molecule has 0 unspecified atom stereocenters. The van der Waals surface area contributed by atoms with E-state index in [0.29, 0.717) is 5.70 Å². The summed E-state index contributed by atoms with van der Waals surface area (Å²) >= 11 is 0. The Hall–Kier alpha value is -0.960. The molecular weight excluding hydrogens is 128 g/mol. The maximum absolute atomic E-state index is 8.44. The second-order valence-electron chi connectivity index (χ2n) is 2.05. The van der Waals surface area contributed by atoms with Crippen LogP contribution in [0.4, 0.5) is 0 Å². The Bertz CT molecular complexity index is 166. The van der Waals surface area contributed by atoms with Crippen LogP contribution in [-0.2, 0) is 0 Å². The predicted molar refractivity (Wildman–Crippen MR) is 43.5 cm³/mol. The van der Waals surface area contributed by atoms with Crippen molar-refractivity contribution in [3.05, 3.63) is 12.3 Å². The van der Waals surface area contributed by atoms with Crippen molar-refractivity contribution < 1.29 is 5.11 Å². The Morgan fingerprint density at radius 1 is 1.60 bits per heavy atom. The van der Waals surface area contributed by atoms with Gasteiger partial charge in [-0.25, -0.2) is 9.98 Å². The lowest BCUT2D eigenvalue weighted by Crippen LogP contribution is -1.85. The molecule has 0 amide bonds. The standard InChI is InChI=1S/C7H12N2O/c1-6(2)8-5-9-7(3)4-10/h5,10H,3-4H2,1-2H3/b9-5-. The first kappa shape index (κ1) is 9.04. The molecule has 0 rings (SSSR count). The van der Waals surface area contributed by atoms with Crippen LogP contribution in [0.2, 0.25) is 0 Å². The van der Waals surface area contributed by atoms with Crippen molar-refractivity contribution in [3.63, 3.8) is 0 Å². The number of rotatable bonds is 3. The zero-order chi connectivity index (χ0) is 7.98. The predicted octanol–water partition coefficient (Wildman–Crippen LogP) is 1.00. The minimum atomic E-state index is -0.116. The summed E-state index contributed by atoms with van der Waals surface area (Å²) in [5.41, 5.74) is 1.35. The average Bonchev–Trinajstić information content (AvgIpc) is 1.87. The highest BCUT2D eigenvalue weighted by molar-refractivity contribution is 5.86. The Morgan fingerprint density at radius 2 is 2.20 bits per heavy atom. The molecule has 56 valence electrons. The molecular formula is C7H12N2O. The van der Waals surface area contributed by atoms with Crippen LogP contribution in [0.1, 0.15) is 13.8 Å². The largest absolute Gasteiger partial charge is 0.390 e. The average molecular weight is 140 g/mol. The van der Waals surface area contributed by atoms with Crippen LogP contribution in [0.3, 0.4) is 0 Å². The summed E-state index contributed by atoms with van der Waals surface area (Å²) in [5, 5.41) is 8.44. The lowest BCUT2D eigenvalue weighted by atomic mass is 10.5. The third-order valence-corrected chi connectivity index (χ3v) is 0.739. The second-order valence-corrected chi connectivity index (χ2v) is 2.05. The van der Waals surface area contributed by atoms with Gasteiger partial charge in [-0.1, -0.05) is 6.58 Å². The highest BCUT2D eigenvalue weighted by atomic mass is 16.3. The van der Waals surface area contributed by atoms with E-state index in [9.17, 15) is 0 Å². The summed E-state index contributed by atoms with van der Waals surface area (Å²) in [4.78, 5) is 7.59. The molecule has 3 heteroatoms. The summed E-state index contributed by atoms with van der Waals surface area (Å²) in [6.45, 7) is 7.07. The van der Waals surface area contributed by atoms with E-state index in [-0.39, 0.29) is 6.61 Å². The molecule has 0 saturated heterocycles. The molecule has 0 heterocycles. The van der Waals surface area contributed by atoms with Gasteiger partial charge in [0.1, 0.15) is 6.34 Å². The van der Waals surface area contributed by atoms with Crippen LogP contribution in [0, 0.1) is 0 Å². The van der Waals surface area contributed by atoms with Crippen molar-refractivity contribution in [3.8, 4) is 0 Å². The number of hydrogen-bond acceptors (Lipinski definition) is 2. The lowest BCUT2D eigenvalue weighted by Gasteiger charge is -1.87. The molecule has 0 aliphatic rings. The quantitative estimate of drug-likeness (QED) is 0.461. The van der Waals surface area contributed by atoms with Gasteiger partial charge >= 0.3 is 0 Å². The molecule has 0 aliphatic carbocycles. The van der Waals surface area contributed by atoms with Gasteiger partial charge in [-0.2, -0.15) is 0 Å². The van der Waals surface area contributed by atoms with Crippen molar-refractivity contribution in [2.45, 2.75) is 13.8 Å². The van der Waals surface area contributed by atoms with E-state index in [2.05, 4.69) is 16.6 Å². The molecule has 1 N–H and O–H groups in total. The fraction of sp³-hybridized carbons (Fsp3) is 0.429. The summed E-state index contributed by atoms with van der Waals surface area (Å²) in [6.07, 6.45) is 1.38. The van der Waals surface area contributed by atoms with Crippen LogP contribution in [0.15, 0.2) is 22.3 Å². The van der Waals surface area contributed by atoms with Gasteiger partial charge in [0.05, 0.1) is 12.3 Å². The first-order valence-electron chi connectivity index (χ1n) is 2.99. The third kappa shape index (κ3) is 5.18. The topological polar surface area (TPSA) is 45.0 Å². The number of aliphatic hydroxyl groups is 1. The Kier molecular flexibility index (Phi) is 4.41. The van der Waals surface area contributed by atoms with Crippen molar-refractivity contribution in [1.29, 1.82) is 0 Å². The smallest absolute Gasteiger partial charge is 0.115 e. The Balaban J connectivity index is 3.77. The van der Waals surface area contributed by atoms with Crippen molar-refractivity contribution >= 4 is 12.1 Å².